The summed E-state index contributed by atoms with van der Waals surface area (Å²) in [5.41, 5.74) is 3.70. The number of para-hydroxylation sites is 1. The quantitative estimate of drug-likeness (QED) is 0.515. The highest BCUT2D eigenvalue weighted by molar-refractivity contribution is 8.17. The van der Waals surface area contributed by atoms with Crippen molar-refractivity contribution in [1.29, 1.82) is 0 Å². The maximum Gasteiger partial charge on any atom is 0.171 e. The first-order valence-electron chi connectivity index (χ1n) is 9.20. The van der Waals surface area contributed by atoms with Crippen LogP contribution in [-0.4, -0.2) is 31.4 Å². The van der Waals surface area contributed by atoms with E-state index < -0.39 is 6.23 Å². The van der Waals surface area contributed by atoms with Gasteiger partial charge in [-0.1, -0.05) is 36.0 Å². The number of imidazole rings is 1. The largest absolute Gasteiger partial charge is 0.467 e. The number of furan rings is 1. The summed E-state index contributed by atoms with van der Waals surface area (Å²) in [6.45, 7) is 0.434. The average Bonchev–Trinajstić information content (AvgIpc) is 3.47. The van der Waals surface area contributed by atoms with Gasteiger partial charge in [0.1, 0.15) is 5.76 Å². The van der Waals surface area contributed by atoms with E-state index in [2.05, 4.69) is 9.97 Å². The predicted octanol–water partition coefficient (Wildman–Crippen LogP) is 4.75. The highest BCUT2D eigenvalue weighted by Crippen LogP contribution is 2.38. The first-order chi connectivity index (χ1) is 14.3. The highest BCUT2D eigenvalue weighted by atomic mass is 32.2. The summed E-state index contributed by atoms with van der Waals surface area (Å²) in [6, 6.07) is 19.4. The van der Waals surface area contributed by atoms with E-state index in [1.807, 2.05) is 71.6 Å². The standard InChI is InChI=1S/C22H18N4O2S/c27-21-20(12-15-8-9-18-19(11-15)24-14-23-18)29-22(25-16-5-2-1-3-6-16)26(21)13-17-7-4-10-28-17/h1-12,14,21,27H,13H2,(H,23,24)/b20-12-,25-22?. The molecule has 1 aliphatic heterocycles. The van der Waals surface area contributed by atoms with Gasteiger partial charge in [0.15, 0.2) is 11.4 Å². The molecule has 1 aliphatic rings. The van der Waals surface area contributed by atoms with E-state index in [1.54, 1.807) is 12.6 Å². The molecule has 0 spiro atoms. The van der Waals surface area contributed by atoms with Gasteiger partial charge >= 0.3 is 0 Å². The molecule has 0 bridgehead atoms. The second-order valence-electron chi connectivity index (χ2n) is 6.64. The zero-order valence-electron chi connectivity index (χ0n) is 15.4. The molecule has 1 atom stereocenters. The summed E-state index contributed by atoms with van der Waals surface area (Å²) in [5.74, 6) is 0.769. The summed E-state index contributed by atoms with van der Waals surface area (Å²) in [7, 11) is 0. The van der Waals surface area contributed by atoms with E-state index in [0.29, 0.717) is 6.54 Å². The van der Waals surface area contributed by atoms with Crippen LogP contribution in [0.2, 0.25) is 0 Å². The Balaban J connectivity index is 1.50. The van der Waals surface area contributed by atoms with Crippen LogP contribution in [0.3, 0.4) is 0 Å². The second-order valence-corrected chi connectivity index (χ2v) is 7.68. The van der Waals surface area contributed by atoms with E-state index >= 15 is 0 Å². The van der Waals surface area contributed by atoms with Crippen LogP contribution in [0.15, 0.2) is 87.6 Å². The number of hydrogen-bond acceptors (Lipinski definition) is 5. The Hall–Kier alpha value is -3.29. The molecule has 1 saturated heterocycles. The molecule has 3 heterocycles. The summed E-state index contributed by atoms with van der Waals surface area (Å²) in [6.07, 6.45) is 4.49. The zero-order valence-corrected chi connectivity index (χ0v) is 16.2. The number of aliphatic imine (C=N–C) groups is 1. The molecule has 2 aromatic carbocycles. The number of aliphatic hydroxyl groups is 1. The third-order valence-corrected chi connectivity index (χ3v) is 5.72. The Kier molecular flexibility index (Phi) is 4.67. The minimum atomic E-state index is -0.801. The maximum atomic E-state index is 11.0. The number of nitrogens with zero attached hydrogens (tertiary/aromatic N) is 3. The van der Waals surface area contributed by atoms with E-state index in [1.165, 1.54) is 11.8 Å². The molecule has 144 valence electrons. The third kappa shape index (κ3) is 3.70. The lowest BCUT2D eigenvalue weighted by atomic mass is 10.2. The van der Waals surface area contributed by atoms with Crippen LogP contribution in [0, 0.1) is 0 Å². The predicted molar refractivity (Wildman–Crippen MR) is 115 cm³/mol. The molecule has 0 amide bonds. The number of H-pyrrole nitrogens is 1. The smallest absolute Gasteiger partial charge is 0.171 e. The lowest BCUT2D eigenvalue weighted by Crippen LogP contribution is -2.32. The van der Waals surface area contributed by atoms with Crippen molar-refractivity contribution in [2.24, 2.45) is 4.99 Å². The number of aliphatic hydroxyl groups excluding tert-OH is 1. The highest BCUT2D eigenvalue weighted by Gasteiger charge is 2.34. The fourth-order valence-electron chi connectivity index (χ4n) is 3.21. The maximum absolute atomic E-state index is 11.0. The first-order valence-corrected chi connectivity index (χ1v) is 10.0. The third-order valence-electron chi connectivity index (χ3n) is 4.64. The number of benzene rings is 2. The minimum absolute atomic E-state index is 0.434. The molecule has 0 aliphatic carbocycles. The van der Waals surface area contributed by atoms with Crippen LogP contribution < -0.4 is 0 Å². The van der Waals surface area contributed by atoms with E-state index in [9.17, 15) is 5.11 Å². The van der Waals surface area contributed by atoms with Crippen molar-refractivity contribution < 1.29 is 9.52 Å². The van der Waals surface area contributed by atoms with Crippen LogP contribution >= 0.6 is 11.8 Å². The summed E-state index contributed by atoms with van der Waals surface area (Å²) >= 11 is 1.47. The molecule has 1 unspecified atom stereocenters. The van der Waals surface area contributed by atoms with Crippen molar-refractivity contribution in [1.82, 2.24) is 14.9 Å². The number of aromatic amines is 1. The Bertz CT molecular complexity index is 1180. The topological polar surface area (TPSA) is 77.7 Å². The number of aromatic nitrogens is 2. The Labute approximate surface area is 171 Å². The summed E-state index contributed by atoms with van der Waals surface area (Å²) in [5, 5.41) is 11.8. The van der Waals surface area contributed by atoms with Gasteiger partial charge in [-0.25, -0.2) is 9.98 Å². The molecule has 0 radical (unpaired) electrons. The molecule has 2 aromatic heterocycles. The Morgan fingerprint density at radius 1 is 1.17 bits per heavy atom. The summed E-state index contributed by atoms with van der Waals surface area (Å²) < 4.78 is 5.49. The molecule has 1 fully saturated rings. The normalized spacial score (nSPS) is 19.6. The van der Waals surface area contributed by atoms with E-state index in [0.717, 1.165) is 38.1 Å². The lowest BCUT2D eigenvalue weighted by Gasteiger charge is -2.20. The van der Waals surface area contributed by atoms with Crippen LogP contribution in [-0.2, 0) is 6.54 Å². The van der Waals surface area contributed by atoms with Gasteiger partial charge in [0.2, 0.25) is 0 Å². The minimum Gasteiger partial charge on any atom is -0.467 e. The molecule has 2 N–H and O–H groups in total. The van der Waals surface area contributed by atoms with Crippen molar-refractivity contribution in [3.63, 3.8) is 0 Å². The van der Waals surface area contributed by atoms with Gasteiger partial charge in [-0.3, -0.25) is 0 Å². The molecular weight excluding hydrogens is 384 g/mol. The number of rotatable bonds is 4. The number of hydrogen-bond donors (Lipinski definition) is 2. The van der Waals surface area contributed by atoms with Crippen LogP contribution in [0.1, 0.15) is 11.3 Å². The molecular formula is C22H18N4O2S. The lowest BCUT2D eigenvalue weighted by molar-refractivity contribution is 0.0912. The number of fused-ring (bicyclic) bond motifs is 1. The van der Waals surface area contributed by atoms with Gasteiger partial charge in [0.25, 0.3) is 0 Å². The zero-order chi connectivity index (χ0) is 19.6. The average molecular weight is 402 g/mol. The van der Waals surface area contributed by atoms with Gasteiger partial charge in [-0.15, -0.1) is 0 Å². The van der Waals surface area contributed by atoms with Crippen LogP contribution in [0.5, 0.6) is 0 Å². The Morgan fingerprint density at radius 2 is 2.07 bits per heavy atom. The SMILES string of the molecule is OC1/C(=C/c2ccc3nc[nH]c3c2)SC(=Nc2ccccc2)N1Cc1ccco1. The number of thioether (sulfide) groups is 1. The van der Waals surface area contributed by atoms with Crippen molar-refractivity contribution in [3.8, 4) is 0 Å². The fraction of sp³-hybridized carbons (Fsp3) is 0.0909. The van der Waals surface area contributed by atoms with Gasteiger partial charge in [0, 0.05) is 4.91 Å². The van der Waals surface area contributed by atoms with Crippen molar-refractivity contribution >= 4 is 39.7 Å². The van der Waals surface area contributed by atoms with Gasteiger partial charge in [-0.05, 0) is 48.0 Å². The van der Waals surface area contributed by atoms with Gasteiger partial charge in [-0.2, -0.15) is 0 Å². The van der Waals surface area contributed by atoms with Gasteiger partial charge < -0.3 is 19.4 Å². The molecule has 0 saturated carbocycles. The molecule has 4 aromatic rings. The van der Waals surface area contributed by atoms with Crippen LogP contribution in [0.4, 0.5) is 5.69 Å². The van der Waals surface area contributed by atoms with E-state index in [4.69, 9.17) is 9.41 Å². The fourth-order valence-corrected chi connectivity index (χ4v) is 4.28. The number of nitrogens with one attached hydrogen (secondary N) is 1. The first kappa shape index (κ1) is 17.8. The van der Waals surface area contributed by atoms with Gasteiger partial charge in [0.05, 0.1) is 35.9 Å². The second kappa shape index (κ2) is 7.62. The molecule has 6 nitrogen and oxygen atoms in total. The van der Waals surface area contributed by atoms with E-state index in [-0.39, 0.29) is 0 Å². The molecule has 5 rings (SSSR count). The molecule has 7 heteroatoms. The Morgan fingerprint density at radius 3 is 2.90 bits per heavy atom. The number of amidine groups is 1. The molecule has 29 heavy (non-hydrogen) atoms. The van der Waals surface area contributed by atoms with Crippen molar-refractivity contribution in [2.75, 3.05) is 0 Å². The van der Waals surface area contributed by atoms with Crippen LogP contribution in [0.25, 0.3) is 17.1 Å². The van der Waals surface area contributed by atoms with Crippen molar-refractivity contribution in [3.05, 3.63) is 89.5 Å². The van der Waals surface area contributed by atoms with Crippen molar-refractivity contribution in [2.45, 2.75) is 12.8 Å². The summed E-state index contributed by atoms with van der Waals surface area (Å²) in [4.78, 5) is 14.8. The monoisotopic (exact) mass is 402 g/mol.